The Morgan fingerprint density at radius 2 is 0.875 bits per heavy atom. The number of nitrogens with one attached hydrogen (secondary N) is 6. The monoisotopic (exact) mass is 884 g/mol. The Hall–Kier alpha value is -8.82. The van der Waals surface area contributed by atoms with Gasteiger partial charge in [-0.05, 0) is 72.8 Å². The lowest BCUT2D eigenvalue weighted by Gasteiger charge is -2.11. The molecule has 4 heterocycles. The second kappa shape index (κ2) is 18.4. The quantitative estimate of drug-likeness (QED) is 0.0714. The Kier molecular flexibility index (Phi) is 12.5. The number of hydrogen-bond donors (Lipinski definition) is 6. The highest BCUT2D eigenvalue weighted by Crippen LogP contribution is 2.43. The minimum Gasteiger partial charge on any atom is -0.457 e. The van der Waals surface area contributed by atoms with Crippen LogP contribution >= 0.6 is 0 Å². The van der Waals surface area contributed by atoms with Crippen LogP contribution in [0.1, 0.15) is 21.0 Å². The Labute approximate surface area is 358 Å². The molecule has 6 N–H and O–H groups in total. The number of fused-ring (bicyclic) bond motifs is 2. The maximum atomic E-state index is 13.1. The summed E-state index contributed by atoms with van der Waals surface area (Å²) < 4.78 is 81.2. The summed E-state index contributed by atoms with van der Waals surface area (Å²) in [5.74, 6) is 0.398. The number of carbonyl (C=O) groups is 4. The second-order valence-corrected chi connectivity index (χ2v) is 13.0. The van der Waals surface area contributed by atoms with E-state index in [4.69, 9.17) is 9.47 Å². The molecule has 2 aliphatic heterocycles. The van der Waals surface area contributed by atoms with Crippen LogP contribution in [0.4, 0.5) is 49.9 Å². The van der Waals surface area contributed by atoms with Gasteiger partial charge in [0.25, 0.3) is 11.8 Å². The van der Waals surface area contributed by atoms with Crippen molar-refractivity contribution in [2.45, 2.75) is 12.6 Å². The van der Waals surface area contributed by atoms with Gasteiger partial charge in [-0.3, -0.25) is 19.6 Å². The lowest BCUT2D eigenvalue weighted by Crippen LogP contribution is -2.26. The van der Waals surface area contributed by atoms with E-state index in [1.807, 2.05) is 0 Å². The predicted molar refractivity (Wildman–Crippen MR) is 219 cm³/mol. The molecule has 2 aliphatic rings. The summed E-state index contributed by atoms with van der Waals surface area (Å²) in [6, 6.07) is 25.8. The molecular formula is C42H32F4N8O10. The molecule has 0 unspecified atom stereocenters. The van der Waals surface area contributed by atoms with Gasteiger partial charge in [-0.1, -0.05) is 6.07 Å². The van der Waals surface area contributed by atoms with Crippen molar-refractivity contribution in [3.63, 3.8) is 0 Å². The Morgan fingerprint density at radius 1 is 0.469 bits per heavy atom. The van der Waals surface area contributed by atoms with E-state index in [-0.39, 0.29) is 57.6 Å². The van der Waals surface area contributed by atoms with E-state index in [1.54, 1.807) is 60.7 Å². The number of nitrogens with zero attached hydrogens (tertiary/aromatic N) is 2. The highest BCUT2D eigenvalue weighted by molar-refractivity contribution is 6.01. The molecule has 0 spiro atoms. The Balaban J connectivity index is 0.000000191. The molecule has 0 saturated heterocycles. The number of hydrogen-bond acceptors (Lipinski definition) is 12. The number of ether oxygens (including phenoxy) is 6. The topological polar surface area (TPSA) is 222 Å². The number of carbonyl (C=O) groups excluding carboxylic acids is 4. The van der Waals surface area contributed by atoms with Gasteiger partial charge in [0.1, 0.15) is 34.4 Å². The fourth-order valence-corrected chi connectivity index (χ4v) is 5.61. The highest BCUT2D eigenvalue weighted by Gasteiger charge is 2.44. The van der Waals surface area contributed by atoms with Crippen molar-refractivity contribution in [3.05, 3.63) is 133 Å². The number of alkyl halides is 4. The maximum absolute atomic E-state index is 13.1. The van der Waals surface area contributed by atoms with Crippen molar-refractivity contribution in [1.29, 1.82) is 0 Å². The van der Waals surface area contributed by atoms with Crippen molar-refractivity contribution in [2.75, 3.05) is 35.4 Å². The number of anilines is 4. The normalized spacial score (nSPS) is 13.2. The number of halogens is 4. The first-order valence-corrected chi connectivity index (χ1v) is 18.5. The minimum atomic E-state index is -3.74. The van der Waals surface area contributed by atoms with Crippen molar-refractivity contribution in [3.8, 4) is 46.0 Å². The number of benzene rings is 4. The number of rotatable bonds is 10. The average molecular weight is 885 g/mol. The molecular weight excluding hydrogens is 852 g/mol. The molecule has 0 saturated carbocycles. The van der Waals surface area contributed by atoms with Crippen LogP contribution < -0.4 is 60.3 Å². The largest absolute Gasteiger partial charge is 0.586 e. The van der Waals surface area contributed by atoms with Gasteiger partial charge in [0.15, 0.2) is 23.0 Å². The molecule has 6 amide bonds. The van der Waals surface area contributed by atoms with E-state index in [2.05, 4.69) is 60.8 Å². The minimum absolute atomic E-state index is 0.117. The molecule has 0 bridgehead atoms. The van der Waals surface area contributed by atoms with Gasteiger partial charge in [0, 0.05) is 79.6 Å². The summed E-state index contributed by atoms with van der Waals surface area (Å²) in [7, 11) is 3.00. The Bertz CT molecular complexity index is 2730. The number of aromatic nitrogens is 2. The summed E-state index contributed by atoms with van der Waals surface area (Å²) in [6.45, 7) is 0. The number of pyridine rings is 2. The first-order chi connectivity index (χ1) is 30.6. The number of amides is 6. The average Bonchev–Trinajstić information content (AvgIpc) is 3.75. The SMILES string of the molecule is CNC(=O)c1cc(Oc2ccc(NC(=O)Nc3ccc4c(c3)OC(F)(F)O4)cc2)ccn1.CNC(=O)c1cc(Oc2cccc(NC(=O)Nc3ccc4c(c3)OC(F)(F)O4)c2)ccn1. The van der Waals surface area contributed by atoms with Crippen LogP contribution in [0, 0.1) is 0 Å². The molecule has 0 atom stereocenters. The predicted octanol–water partition coefficient (Wildman–Crippen LogP) is 8.40. The van der Waals surface area contributed by atoms with Gasteiger partial charge in [-0.2, -0.15) is 0 Å². The van der Waals surface area contributed by atoms with Crippen LogP contribution in [0.5, 0.6) is 46.0 Å². The molecule has 6 aromatic rings. The van der Waals surface area contributed by atoms with Gasteiger partial charge >= 0.3 is 24.7 Å². The van der Waals surface area contributed by atoms with E-state index in [1.165, 1.54) is 75.0 Å². The van der Waals surface area contributed by atoms with Gasteiger partial charge in [-0.25, -0.2) is 9.59 Å². The summed E-state index contributed by atoms with van der Waals surface area (Å²) >= 11 is 0. The first-order valence-electron chi connectivity index (χ1n) is 18.5. The lowest BCUT2D eigenvalue weighted by atomic mass is 10.2. The smallest absolute Gasteiger partial charge is 0.457 e. The van der Waals surface area contributed by atoms with Crippen LogP contribution in [-0.4, -0.2) is 60.5 Å². The van der Waals surface area contributed by atoms with Gasteiger partial charge in [-0.15, -0.1) is 17.6 Å². The molecule has 0 fully saturated rings. The summed E-state index contributed by atoms with van der Waals surface area (Å²) in [5.41, 5.74) is 1.75. The summed E-state index contributed by atoms with van der Waals surface area (Å²) in [5, 5.41) is 15.2. The van der Waals surface area contributed by atoms with Crippen molar-refractivity contribution < 1.29 is 65.2 Å². The van der Waals surface area contributed by atoms with E-state index < -0.39 is 24.7 Å². The first kappa shape index (κ1) is 43.3. The molecule has 64 heavy (non-hydrogen) atoms. The fraction of sp³-hybridized carbons (Fsp3) is 0.0952. The van der Waals surface area contributed by atoms with Crippen LogP contribution in [0.25, 0.3) is 0 Å². The molecule has 0 aliphatic carbocycles. The molecule has 4 aromatic carbocycles. The van der Waals surface area contributed by atoms with Crippen molar-refractivity contribution in [2.24, 2.45) is 0 Å². The molecule has 2 aromatic heterocycles. The highest BCUT2D eigenvalue weighted by atomic mass is 19.3. The molecule has 328 valence electrons. The Morgan fingerprint density at radius 3 is 1.36 bits per heavy atom. The van der Waals surface area contributed by atoms with Crippen molar-refractivity contribution >= 4 is 46.6 Å². The van der Waals surface area contributed by atoms with E-state index in [0.29, 0.717) is 34.4 Å². The molecule has 22 heteroatoms. The molecule has 8 rings (SSSR count). The third-order valence-corrected chi connectivity index (χ3v) is 8.38. The van der Waals surface area contributed by atoms with E-state index >= 15 is 0 Å². The second-order valence-electron chi connectivity index (χ2n) is 13.0. The molecule has 0 radical (unpaired) electrons. The third kappa shape index (κ3) is 11.3. The van der Waals surface area contributed by atoms with Crippen LogP contribution in [0.2, 0.25) is 0 Å². The summed E-state index contributed by atoms with van der Waals surface area (Å²) in [4.78, 5) is 55.8. The zero-order valence-electron chi connectivity index (χ0n) is 33.0. The van der Waals surface area contributed by atoms with E-state index in [0.717, 1.165) is 0 Å². The zero-order valence-corrected chi connectivity index (χ0v) is 33.0. The van der Waals surface area contributed by atoms with Crippen LogP contribution in [0.15, 0.2) is 122 Å². The fourth-order valence-electron chi connectivity index (χ4n) is 5.61. The third-order valence-electron chi connectivity index (χ3n) is 8.38. The standard InChI is InChI=1S/2C21H16F2N4O5/c1-24-19(28)16-11-15(8-9-25-16)30-14-5-2-12(3-6-14)26-20(29)27-13-4-7-17-18(10-13)32-21(22,23)31-17;1-24-19(28)16-11-15(7-8-25-16)30-14-4-2-3-12(9-14)26-20(29)27-13-5-6-17-18(10-13)32-21(22,23)31-17/h2*2-11H,1H3,(H,24,28)(H2,26,27,29). The zero-order chi connectivity index (χ0) is 45.4. The van der Waals surface area contributed by atoms with Gasteiger partial charge in [0.2, 0.25) is 0 Å². The summed E-state index contributed by atoms with van der Waals surface area (Å²) in [6.07, 6.45) is -4.57. The van der Waals surface area contributed by atoms with E-state index in [9.17, 15) is 36.7 Å². The number of urea groups is 2. The van der Waals surface area contributed by atoms with Crippen molar-refractivity contribution in [1.82, 2.24) is 20.6 Å². The molecule has 18 nitrogen and oxygen atoms in total. The maximum Gasteiger partial charge on any atom is 0.586 e. The van der Waals surface area contributed by atoms with Crippen LogP contribution in [0.3, 0.4) is 0 Å². The van der Waals surface area contributed by atoms with Crippen LogP contribution in [-0.2, 0) is 0 Å². The van der Waals surface area contributed by atoms with Gasteiger partial charge in [0.05, 0.1) is 0 Å². The lowest BCUT2D eigenvalue weighted by molar-refractivity contribution is -0.287. The van der Waals surface area contributed by atoms with Gasteiger partial charge < -0.3 is 60.3 Å².